The van der Waals surface area contributed by atoms with Crippen LogP contribution in [0.5, 0.6) is 0 Å². The van der Waals surface area contributed by atoms with E-state index < -0.39 is 5.41 Å². The third-order valence-electron chi connectivity index (χ3n) is 2.42. The van der Waals surface area contributed by atoms with Crippen LogP contribution in [-0.4, -0.2) is 0 Å². The molecule has 1 aromatic carbocycles. The van der Waals surface area contributed by atoms with Crippen LogP contribution in [0.3, 0.4) is 0 Å². The summed E-state index contributed by atoms with van der Waals surface area (Å²) >= 11 is 0. The molecule has 0 aliphatic carbocycles. The Morgan fingerprint density at radius 3 is 2.20 bits per heavy atom. The Kier molecular flexibility index (Phi) is 3.26. The Labute approximate surface area is 90.1 Å². The van der Waals surface area contributed by atoms with E-state index in [1.165, 1.54) is 0 Å². The highest BCUT2D eigenvalue weighted by molar-refractivity contribution is 5.56. The molecule has 0 saturated carbocycles. The normalized spacial score (nSPS) is 11.6. The predicted octanol–water partition coefficient (Wildman–Crippen LogP) is 3.14. The largest absolute Gasteiger partial charge is 0.196 e. The lowest BCUT2D eigenvalue weighted by Crippen LogP contribution is -2.11. The Morgan fingerprint density at radius 2 is 1.73 bits per heavy atom. The van der Waals surface area contributed by atoms with Crippen molar-refractivity contribution in [3.05, 3.63) is 41.5 Å². The van der Waals surface area contributed by atoms with Crippen LogP contribution in [0, 0.1) is 28.1 Å². The maximum absolute atomic E-state index is 8.92. The highest BCUT2D eigenvalue weighted by atomic mass is 14.4. The van der Waals surface area contributed by atoms with E-state index in [4.69, 9.17) is 10.5 Å². The summed E-state index contributed by atoms with van der Waals surface area (Å²) in [6, 6.07) is 13.7. The van der Waals surface area contributed by atoms with Crippen molar-refractivity contribution >= 4 is 6.08 Å². The minimum Gasteiger partial charge on any atom is -0.196 e. The van der Waals surface area contributed by atoms with Crippen LogP contribution >= 0.6 is 0 Å². The lowest BCUT2D eigenvalue weighted by Gasteiger charge is -2.12. The Balaban J connectivity index is 3.07. The fraction of sp³-hybridized carbons (Fsp3) is 0.231. The van der Waals surface area contributed by atoms with Crippen molar-refractivity contribution in [1.82, 2.24) is 0 Å². The number of hydrogen-bond donors (Lipinski definition) is 0. The molecule has 0 aliphatic heterocycles. The summed E-state index contributed by atoms with van der Waals surface area (Å²) in [5, 5.41) is 17.8. The maximum atomic E-state index is 8.92. The zero-order chi connectivity index (χ0) is 11.3. The number of rotatable bonds is 2. The van der Waals surface area contributed by atoms with Gasteiger partial charge in [0.25, 0.3) is 0 Å². The molecule has 2 nitrogen and oxygen atoms in total. The van der Waals surface area contributed by atoms with E-state index in [2.05, 4.69) is 0 Å². The molecule has 0 spiro atoms. The highest BCUT2D eigenvalue weighted by Gasteiger charge is 2.25. The van der Waals surface area contributed by atoms with Gasteiger partial charge < -0.3 is 0 Å². The molecule has 0 unspecified atom stereocenters. The van der Waals surface area contributed by atoms with Crippen molar-refractivity contribution in [2.75, 3.05) is 0 Å². The van der Waals surface area contributed by atoms with Crippen LogP contribution in [-0.2, 0) is 0 Å². The number of benzene rings is 1. The number of nitriles is 2. The molecule has 0 heterocycles. The van der Waals surface area contributed by atoms with Crippen LogP contribution in [0.2, 0.25) is 0 Å². The second kappa shape index (κ2) is 4.44. The molecule has 0 bridgehead atoms. The Hall–Kier alpha value is -2.06. The molecule has 74 valence electrons. The lowest BCUT2D eigenvalue weighted by molar-refractivity contribution is 0.703. The van der Waals surface area contributed by atoms with Crippen molar-refractivity contribution in [2.24, 2.45) is 5.41 Å². The molecular formula is C13H12N2. The number of nitrogens with zero attached hydrogens (tertiary/aromatic N) is 2. The maximum Gasteiger partial charge on any atom is 0.161 e. The first kappa shape index (κ1) is 11.0. The van der Waals surface area contributed by atoms with Crippen LogP contribution in [0.4, 0.5) is 0 Å². The van der Waals surface area contributed by atoms with Crippen molar-refractivity contribution in [1.29, 1.82) is 10.5 Å². The molecule has 0 fully saturated rings. The molecular weight excluding hydrogens is 184 g/mol. The average Bonchev–Trinajstić information content (AvgIpc) is 2.29. The Morgan fingerprint density at radius 1 is 1.20 bits per heavy atom. The van der Waals surface area contributed by atoms with Gasteiger partial charge in [0.05, 0.1) is 12.1 Å². The fourth-order valence-electron chi connectivity index (χ4n) is 1.14. The number of allylic oxidation sites excluding steroid dienone is 1. The van der Waals surface area contributed by atoms with Gasteiger partial charge in [-0.1, -0.05) is 36.4 Å². The summed E-state index contributed by atoms with van der Waals surface area (Å²) in [5.41, 5.74) is 0.737. The first-order valence-electron chi connectivity index (χ1n) is 4.69. The van der Waals surface area contributed by atoms with Gasteiger partial charge in [0.2, 0.25) is 0 Å². The molecule has 1 rings (SSSR count). The van der Waals surface area contributed by atoms with E-state index >= 15 is 0 Å². The molecule has 0 aliphatic rings. The van der Waals surface area contributed by atoms with E-state index in [1.54, 1.807) is 13.8 Å². The van der Waals surface area contributed by atoms with Gasteiger partial charge in [0.1, 0.15) is 0 Å². The zero-order valence-corrected chi connectivity index (χ0v) is 8.86. The monoisotopic (exact) mass is 196 g/mol. The van der Waals surface area contributed by atoms with E-state index in [9.17, 15) is 0 Å². The summed E-state index contributed by atoms with van der Waals surface area (Å²) < 4.78 is 0. The summed E-state index contributed by atoms with van der Waals surface area (Å²) in [6.07, 6.45) is 1.87. The molecule has 0 saturated heterocycles. The summed E-state index contributed by atoms with van der Waals surface area (Å²) in [5.74, 6) is 0. The second-order valence-electron chi connectivity index (χ2n) is 3.59. The van der Waals surface area contributed by atoms with E-state index in [0.717, 1.165) is 11.1 Å². The van der Waals surface area contributed by atoms with E-state index in [-0.39, 0.29) is 0 Å². The van der Waals surface area contributed by atoms with Crippen LogP contribution in [0.25, 0.3) is 6.08 Å². The van der Waals surface area contributed by atoms with Crippen LogP contribution < -0.4 is 0 Å². The minimum atomic E-state index is -1.03. The number of hydrogen-bond acceptors (Lipinski definition) is 2. The fourth-order valence-corrected chi connectivity index (χ4v) is 1.14. The van der Waals surface area contributed by atoms with Crippen molar-refractivity contribution in [2.45, 2.75) is 13.8 Å². The van der Waals surface area contributed by atoms with Crippen molar-refractivity contribution in [3.8, 4) is 12.1 Å². The lowest BCUT2D eigenvalue weighted by atomic mass is 9.85. The van der Waals surface area contributed by atoms with Gasteiger partial charge in [-0.05, 0) is 25.0 Å². The van der Waals surface area contributed by atoms with Gasteiger partial charge >= 0.3 is 0 Å². The average molecular weight is 196 g/mol. The zero-order valence-electron chi connectivity index (χ0n) is 8.86. The molecule has 0 atom stereocenters. The van der Waals surface area contributed by atoms with E-state index in [1.807, 2.05) is 48.5 Å². The van der Waals surface area contributed by atoms with Gasteiger partial charge in [-0.25, -0.2) is 0 Å². The molecule has 0 aromatic heterocycles. The summed E-state index contributed by atoms with van der Waals surface area (Å²) in [7, 11) is 0. The third-order valence-corrected chi connectivity index (χ3v) is 2.42. The van der Waals surface area contributed by atoms with Crippen molar-refractivity contribution < 1.29 is 0 Å². The minimum absolute atomic E-state index is 0.763. The highest BCUT2D eigenvalue weighted by Crippen LogP contribution is 2.26. The molecule has 15 heavy (non-hydrogen) atoms. The van der Waals surface area contributed by atoms with Gasteiger partial charge in [-0.3, -0.25) is 0 Å². The first-order chi connectivity index (χ1) is 7.12. The third kappa shape index (κ3) is 2.45. The quantitative estimate of drug-likeness (QED) is 0.729. The summed E-state index contributed by atoms with van der Waals surface area (Å²) in [6.45, 7) is 3.43. The van der Waals surface area contributed by atoms with Crippen LogP contribution in [0.1, 0.15) is 19.4 Å². The van der Waals surface area contributed by atoms with Gasteiger partial charge in [0, 0.05) is 0 Å². The molecule has 0 N–H and O–H groups in total. The SMILES string of the molecule is C/C(=C\c1ccccc1)C(C)(C#N)C#N. The molecule has 0 radical (unpaired) electrons. The predicted molar refractivity (Wildman–Crippen MR) is 59.4 cm³/mol. The summed E-state index contributed by atoms with van der Waals surface area (Å²) in [4.78, 5) is 0. The topological polar surface area (TPSA) is 47.6 Å². The van der Waals surface area contributed by atoms with Gasteiger partial charge in [0.15, 0.2) is 5.41 Å². The standard InChI is InChI=1S/C13H12N2/c1-11(13(2,9-14)10-15)8-12-6-4-3-5-7-12/h3-8H,1-2H3/b11-8+. The second-order valence-corrected chi connectivity index (χ2v) is 3.59. The first-order valence-corrected chi connectivity index (χ1v) is 4.69. The Bertz CT molecular complexity index is 430. The van der Waals surface area contributed by atoms with Crippen molar-refractivity contribution in [3.63, 3.8) is 0 Å². The molecule has 1 aromatic rings. The van der Waals surface area contributed by atoms with Gasteiger partial charge in [-0.15, -0.1) is 0 Å². The molecule has 0 amide bonds. The van der Waals surface area contributed by atoms with E-state index in [0.29, 0.717) is 0 Å². The molecule has 2 heteroatoms. The van der Waals surface area contributed by atoms with Crippen LogP contribution in [0.15, 0.2) is 35.9 Å². The van der Waals surface area contributed by atoms with Gasteiger partial charge in [-0.2, -0.15) is 10.5 Å². The smallest absolute Gasteiger partial charge is 0.161 e.